The van der Waals surface area contributed by atoms with Crippen LogP contribution in [0.1, 0.15) is 5.69 Å². The minimum atomic E-state index is 0.231. The zero-order valence-corrected chi connectivity index (χ0v) is 13.1. The van der Waals surface area contributed by atoms with Crippen molar-refractivity contribution < 1.29 is 5.11 Å². The van der Waals surface area contributed by atoms with Crippen LogP contribution in [0.4, 0.5) is 0 Å². The van der Waals surface area contributed by atoms with Crippen LogP contribution in [0.2, 0.25) is 0 Å². The van der Waals surface area contributed by atoms with Gasteiger partial charge in [0.2, 0.25) is 0 Å². The van der Waals surface area contributed by atoms with E-state index < -0.39 is 0 Å². The van der Waals surface area contributed by atoms with Crippen molar-refractivity contribution in [2.75, 3.05) is 0 Å². The molecular weight excluding hydrogens is 308 g/mol. The molecule has 2 aromatic carbocycles. The van der Waals surface area contributed by atoms with Crippen LogP contribution in [0.5, 0.6) is 5.75 Å². The van der Waals surface area contributed by atoms with E-state index in [-0.39, 0.29) is 5.75 Å². The first-order valence-corrected chi connectivity index (χ1v) is 7.89. The number of rotatable bonds is 2. The first-order chi connectivity index (χ1) is 11.2. The standard InChI is InChI=1S/C17H12N4OS/c1-10-15(19-14-5-3-2-4-13(14)18-10)17-21-20-16(23-17)11-6-8-12(22)9-7-11/h2-9,22H,1H3. The Hall–Kier alpha value is -2.86. The number of hydrogen-bond donors (Lipinski definition) is 1. The Labute approximate surface area is 136 Å². The Kier molecular flexibility index (Phi) is 3.24. The van der Waals surface area contributed by atoms with E-state index in [2.05, 4.69) is 20.2 Å². The summed E-state index contributed by atoms with van der Waals surface area (Å²) in [5, 5.41) is 19.4. The molecule has 0 unspecified atom stereocenters. The van der Waals surface area contributed by atoms with Crippen LogP contribution in [-0.4, -0.2) is 25.3 Å². The lowest BCUT2D eigenvalue weighted by Gasteiger charge is -2.02. The van der Waals surface area contributed by atoms with Gasteiger partial charge in [-0.25, -0.2) is 9.97 Å². The van der Waals surface area contributed by atoms with Crippen LogP contribution in [0.25, 0.3) is 32.3 Å². The normalized spacial score (nSPS) is 11.0. The monoisotopic (exact) mass is 320 g/mol. The van der Waals surface area contributed by atoms with Crippen LogP contribution in [-0.2, 0) is 0 Å². The maximum atomic E-state index is 9.37. The molecule has 0 radical (unpaired) electrons. The van der Waals surface area contributed by atoms with E-state index in [4.69, 9.17) is 0 Å². The Morgan fingerprint density at radius 2 is 1.48 bits per heavy atom. The van der Waals surface area contributed by atoms with E-state index in [9.17, 15) is 5.11 Å². The topological polar surface area (TPSA) is 71.8 Å². The highest BCUT2D eigenvalue weighted by molar-refractivity contribution is 7.17. The highest BCUT2D eigenvalue weighted by Gasteiger charge is 2.14. The van der Waals surface area contributed by atoms with Gasteiger partial charge in [0.05, 0.1) is 16.7 Å². The molecule has 5 nitrogen and oxygen atoms in total. The third kappa shape index (κ3) is 2.53. The molecule has 23 heavy (non-hydrogen) atoms. The van der Waals surface area contributed by atoms with E-state index in [0.29, 0.717) is 0 Å². The summed E-state index contributed by atoms with van der Waals surface area (Å²) in [6.07, 6.45) is 0. The molecule has 4 rings (SSSR count). The average Bonchev–Trinajstić information content (AvgIpc) is 3.04. The summed E-state index contributed by atoms with van der Waals surface area (Å²) in [7, 11) is 0. The van der Waals surface area contributed by atoms with E-state index in [1.54, 1.807) is 12.1 Å². The highest BCUT2D eigenvalue weighted by Crippen LogP contribution is 2.31. The Bertz CT molecular complexity index is 995. The second-order valence-electron chi connectivity index (χ2n) is 5.11. The van der Waals surface area contributed by atoms with Gasteiger partial charge in [0, 0.05) is 5.56 Å². The number of phenolic OH excluding ortho intramolecular Hbond substituents is 1. The minimum Gasteiger partial charge on any atom is -0.508 e. The van der Waals surface area contributed by atoms with E-state index >= 15 is 0 Å². The molecule has 2 aromatic heterocycles. The summed E-state index contributed by atoms with van der Waals surface area (Å²) in [6, 6.07) is 14.7. The fourth-order valence-electron chi connectivity index (χ4n) is 2.33. The molecule has 0 amide bonds. The summed E-state index contributed by atoms with van der Waals surface area (Å²) in [5.74, 6) is 0.231. The highest BCUT2D eigenvalue weighted by atomic mass is 32.1. The molecule has 0 saturated heterocycles. The van der Waals surface area contributed by atoms with Gasteiger partial charge < -0.3 is 5.11 Å². The third-order valence-corrected chi connectivity index (χ3v) is 4.47. The lowest BCUT2D eigenvalue weighted by Crippen LogP contribution is -1.93. The number of fused-ring (bicyclic) bond motifs is 1. The SMILES string of the molecule is Cc1nc2ccccc2nc1-c1nnc(-c2ccc(O)cc2)s1. The van der Waals surface area contributed by atoms with Crippen molar-refractivity contribution in [1.82, 2.24) is 20.2 Å². The third-order valence-electron chi connectivity index (χ3n) is 3.49. The van der Waals surface area contributed by atoms with Gasteiger partial charge in [-0.2, -0.15) is 0 Å². The number of para-hydroxylation sites is 2. The average molecular weight is 320 g/mol. The van der Waals surface area contributed by atoms with Gasteiger partial charge in [0.25, 0.3) is 0 Å². The van der Waals surface area contributed by atoms with E-state index in [1.807, 2.05) is 43.3 Å². The summed E-state index contributed by atoms with van der Waals surface area (Å²) in [4.78, 5) is 9.26. The molecular formula is C17H12N4OS. The minimum absolute atomic E-state index is 0.231. The number of aryl methyl sites for hydroxylation is 1. The Balaban J connectivity index is 1.79. The van der Waals surface area contributed by atoms with Gasteiger partial charge in [0.1, 0.15) is 16.5 Å². The van der Waals surface area contributed by atoms with Crippen LogP contribution in [0.3, 0.4) is 0 Å². The molecule has 0 fully saturated rings. The first kappa shape index (κ1) is 13.8. The Morgan fingerprint density at radius 1 is 0.826 bits per heavy atom. The molecule has 0 atom stereocenters. The zero-order valence-electron chi connectivity index (χ0n) is 12.3. The van der Waals surface area contributed by atoms with Gasteiger partial charge in [-0.05, 0) is 43.3 Å². The largest absolute Gasteiger partial charge is 0.508 e. The predicted octanol–water partition coefficient (Wildman–Crippen LogP) is 3.83. The quantitative estimate of drug-likeness (QED) is 0.608. The summed E-state index contributed by atoms with van der Waals surface area (Å²) in [6.45, 7) is 1.93. The van der Waals surface area contributed by atoms with Crippen LogP contribution in [0, 0.1) is 6.92 Å². The number of hydrogen-bond acceptors (Lipinski definition) is 6. The van der Waals surface area contributed by atoms with Crippen LogP contribution < -0.4 is 0 Å². The van der Waals surface area contributed by atoms with Crippen molar-refractivity contribution in [3.63, 3.8) is 0 Å². The van der Waals surface area contributed by atoms with Crippen molar-refractivity contribution in [3.05, 3.63) is 54.2 Å². The first-order valence-electron chi connectivity index (χ1n) is 7.07. The second kappa shape index (κ2) is 5.40. The van der Waals surface area contributed by atoms with Crippen molar-refractivity contribution in [2.24, 2.45) is 0 Å². The molecule has 0 aliphatic rings. The number of benzene rings is 2. The summed E-state index contributed by atoms with van der Waals surface area (Å²) >= 11 is 1.46. The molecule has 0 saturated carbocycles. The summed E-state index contributed by atoms with van der Waals surface area (Å²) in [5.41, 5.74) is 4.22. The zero-order chi connectivity index (χ0) is 15.8. The number of phenols is 1. The van der Waals surface area contributed by atoms with Crippen molar-refractivity contribution in [3.8, 4) is 27.0 Å². The van der Waals surface area contributed by atoms with Gasteiger partial charge in [-0.15, -0.1) is 10.2 Å². The predicted molar refractivity (Wildman–Crippen MR) is 90.3 cm³/mol. The fraction of sp³-hybridized carbons (Fsp3) is 0.0588. The molecule has 0 spiro atoms. The molecule has 0 aliphatic heterocycles. The lowest BCUT2D eigenvalue weighted by molar-refractivity contribution is 0.475. The lowest BCUT2D eigenvalue weighted by atomic mass is 10.2. The molecule has 4 aromatic rings. The van der Waals surface area contributed by atoms with Crippen molar-refractivity contribution >= 4 is 22.4 Å². The maximum absolute atomic E-state index is 9.37. The second-order valence-corrected chi connectivity index (χ2v) is 6.08. The number of aromatic hydroxyl groups is 1. The van der Waals surface area contributed by atoms with E-state index in [0.717, 1.165) is 38.0 Å². The fourth-order valence-corrected chi connectivity index (χ4v) is 3.22. The van der Waals surface area contributed by atoms with Crippen LogP contribution >= 0.6 is 11.3 Å². The number of nitrogens with zero attached hydrogens (tertiary/aromatic N) is 4. The van der Waals surface area contributed by atoms with Gasteiger partial charge in [-0.1, -0.05) is 23.5 Å². The molecule has 112 valence electrons. The number of aromatic nitrogens is 4. The van der Waals surface area contributed by atoms with Crippen LogP contribution in [0.15, 0.2) is 48.5 Å². The van der Waals surface area contributed by atoms with Gasteiger partial charge in [-0.3, -0.25) is 0 Å². The van der Waals surface area contributed by atoms with Crippen molar-refractivity contribution in [2.45, 2.75) is 6.92 Å². The Morgan fingerprint density at radius 3 is 2.22 bits per heavy atom. The molecule has 0 aliphatic carbocycles. The van der Waals surface area contributed by atoms with Crippen molar-refractivity contribution in [1.29, 1.82) is 0 Å². The van der Waals surface area contributed by atoms with E-state index in [1.165, 1.54) is 11.3 Å². The molecule has 1 N–H and O–H groups in total. The summed E-state index contributed by atoms with van der Waals surface area (Å²) < 4.78 is 0. The molecule has 2 heterocycles. The van der Waals surface area contributed by atoms with Gasteiger partial charge in [0.15, 0.2) is 5.01 Å². The maximum Gasteiger partial charge on any atom is 0.168 e. The molecule has 0 bridgehead atoms. The van der Waals surface area contributed by atoms with Gasteiger partial charge >= 0.3 is 0 Å². The smallest absolute Gasteiger partial charge is 0.168 e. The molecule has 6 heteroatoms.